The standard InChI is InChI=1S/C10H20N4O3S/c1-4-13(5-2)10-8(18(3,16)17)9(11)14(12-10)6-7-15/h15H,4-7,11H2,1-3H3. The molecule has 0 fully saturated rings. The molecular formula is C10H20N4O3S. The van der Waals surface area contributed by atoms with E-state index in [9.17, 15) is 8.42 Å². The lowest BCUT2D eigenvalue weighted by atomic mass is 10.4. The van der Waals surface area contributed by atoms with Gasteiger partial charge in [-0.05, 0) is 13.8 Å². The van der Waals surface area contributed by atoms with Gasteiger partial charge in [-0.1, -0.05) is 0 Å². The van der Waals surface area contributed by atoms with Crippen LogP contribution in [-0.2, 0) is 16.4 Å². The van der Waals surface area contributed by atoms with Crippen LogP contribution in [0.2, 0.25) is 0 Å². The molecule has 0 atom stereocenters. The summed E-state index contributed by atoms with van der Waals surface area (Å²) in [5.74, 6) is 0.432. The molecule has 1 aromatic heterocycles. The molecule has 0 aromatic carbocycles. The summed E-state index contributed by atoms with van der Waals surface area (Å²) >= 11 is 0. The van der Waals surface area contributed by atoms with Gasteiger partial charge in [-0.2, -0.15) is 5.10 Å². The molecule has 0 spiro atoms. The Labute approximate surface area is 107 Å². The van der Waals surface area contributed by atoms with Crippen molar-refractivity contribution in [3.8, 4) is 0 Å². The third-order valence-electron chi connectivity index (χ3n) is 2.67. The van der Waals surface area contributed by atoms with Crippen molar-refractivity contribution in [2.75, 3.05) is 36.6 Å². The maximum absolute atomic E-state index is 11.8. The normalized spacial score (nSPS) is 11.8. The maximum Gasteiger partial charge on any atom is 0.182 e. The third kappa shape index (κ3) is 2.75. The first-order chi connectivity index (χ1) is 8.36. The number of sulfone groups is 1. The zero-order valence-corrected chi connectivity index (χ0v) is 11.7. The van der Waals surface area contributed by atoms with Gasteiger partial charge in [0.15, 0.2) is 20.6 Å². The molecule has 1 aromatic rings. The smallest absolute Gasteiger partial charge is 0.182 e. The number of aromatic nitrogens is 2. The molecule has 0 aliphatic carbocycles. The highest BCUT2D eigenvalue weighted by Gasteiger charge is 2.26. The molecule has 0 bridgehead atoms. The first-order valence-electron chi connectivity index (χ1n) is 5.78. The summed E-state index contributed by atoms with van der Waals surface area (Å²) in [5.41, 5.74) is 5.81. The molecule has 3 N–H and O–H groups in total. The summed E-state index contributed by atoms with van der Waals surface area (Å²) < 4.78 is 24.9. The number of aliphatic hydroxyl groups excluding tert-OH is 1. The van der Waals surface area contributed by atoms with E-state index < -0.39 is 9.84 Å². The second kappa shape index (κ2) is 5.57. The molecular weight excluding hydrogens is 256 g/mol. The number of hydrogen-bond donors (Lipinski definition) is 2. The summed E-state index contributed by atoms with van der Waals surface area (Å²) in [4.78, 5) is 1.86. The van der Waals surface area contributed by atoms with Crippen LogP contribution in [0.4, 0.5) is 11.6 Å². The summed E-state index contributed by atoms with van der Waals surface area (Å²) in [5, 5.41) is 13.1. The number of anilines is 2. The van der Waals surface area contributed by atoms with Crippen LogP contribution in [0.1, 0.15) is 13.8 Å². The van der Waals surface area contributed by atoms with Gasteiger partial charge >= 0.3 is 0 Å². The van der Waals surface area contributed by atoms with E-state index in [1.54, 1.807) is 0 Å². The summed E-state index contributed by atoms with van der Waals surface area (Å²) in [7, 11) is -3.46. The number of hydrogen-bond acceptors (Lipinski definition) is 6. The van der Waals surface area contributed by atoms with Crippen LogP contribution in [0.3, 0.4) is 0 Å². The lowest BCUT2D eigenvalue weighted by molar-refractivity contribution is 0.270. The van der Waals surface area contributed by atoms with Crippen LogP contribution >= 0.6 is 0 Å². The Balaban J connectivity index is 3.44. The van der Waals surface area contributed by atoms with Gasteiger partial charge in [0, 0.05) is 19.3 Å². The molecule has 0 aliphatic rings. The van der Waals surface area contributed by atoms with Crippen molar-refractivity contribution >= 4 is 21.5 Å². The predicted octanol–water partition coefficient (Wildman–Crippen LogP) is -0.293. The zero-order valence-electron chi connectivity index (χ0n) is 10.9. The predicted molar refractivity (Wildman–Crippen MR) is 70.4 cm³/mol. The number of aliphatic hydroxyl groups is 1. The topological polar surface area (TPSA) is 101 Å². The van der Waals surface area contributed by atoms with Gasteiger partial charge in [-0.3, -0.25) is 0 Å². The van der Waals surface area contributed by atoms with Crippen molar-refractivity contribution < 1.29 is 13.5 Å². The van der Waals surface area contributed by atoms with Crippen LogP contribution in [-0.4, -0.2) is 49.3 Å². The number of nitrogens with zero attached hydrogens (tertiary/aromatic N) is 3. The minimum atomic E-state index is -3.46. The van der Waals surface area contributed by atoms with Crippen molar-refractivity contribution in [1.29, 1.82) is 0 Å². The SMILES string of the molecule is CCN(CC)c1nn(CCO)c(N)c1S(C)(=O)=O. The van der Waals surface area contributed by atoms with Crippen molar-refractivity contribution in [2.45, 2.75) is 25.3 Å². The van der Waals surface area contributed by atoms with Gasteiger partial charge in [-0.15, -0.1) is 0 Å². The highest BCUT2D eigenvalue weighted by molar-refractivity contribution is 7.91. The second-order valence-electron chi connectivity index (χ2n) is 3.93. The van der Waals surface area contributed by atoms with Gasteiger partial charge in [-0.25, -0.2) is 13.1 Å². The fraction of sp³-hybridized carbons (Fsp3) is 0.700. The first-order valence-corrected chi connectivity index (χ1v) is 7.68. The van der Waals surface area contributed by atoms with E-state index in [1.165, 1.54) is 4.68 Å². The van der Waals surface area contributed by atoms with Crippen molar-refractivity contribution in [3.05, 3.63) is 0 Å². The average Bonchev–Trinajstić information content (AvgIpc) is 2.58. The Morgan fingerprint density at radius 2 is 1.94 bits per heavy atom. The zero-order chi connectivity index (χ0) is 13.9. The highest BCUT2D eigenvalue weighted by Crippen LogP contribution is 2.29. The third-order valence-corrected chi connectivity index (χ3v) is 3.81. The van der Waals surface area contributed by atoms with Crippen LogP contribution in [0, 0.1) is 0 Å². The largest absolute Gasteiger partial charge is 0.394 e. The van der Waals surface area contributed by atoms with Crippen molar-refractivity contribution in [1.82, 2.24) is 9.78 Å². The molecule has 1 rings (SSSR count). The Hall–Kier alpha value is -1.28. The molecule has 7 nitrogen and oxygen atoms in total. The molecule has 0 unspecified atom stereocenters. The molecule has 104 valence electrons. The van der Waals surface area contributed by atoms with E-state index in [0.717, 1.165) is 6.26 Å². The fourth-order valence-electron chi connectivity index (χ4n) is 1.80. The molecule has 0 saturated heterocycles. The molecule has 0 saturated carbocycles. The molecule has 8 heteroatoms. The Morgan fingerprint density at radius 3 is 2.33 bits per heavy atom. The summed E-state index contributed by atoms with van der Waals surface area (Å²) in [6.45, 7) is 5.12. The van der Waals surface area contributed by atoms with E-state index in [2.05, 4.69) is 5.10 Å². The molecule has 1 heterocycles. The van der Waals surface area contributed by atoms with Gasteiger partial charge in [0.2, 0.25) is 0 Å². The number of rotatable bonds is 6. The molecule has 0 radical (unpaired) electrons. The van der Waals surface area contributed by atoms with E-state index in [4.69, 9.17) is 10.8 Å². The fourth-order valence-corrected chi connectivity index (χ4v) is 2.78. The van der Waals surface area contributed by atoms with Crippen molar-refractivity contribution in [3.63, 3.8) is 0 Å². The Morgan fingerprint density at radius 1 is 1.39 bits per heavy atom. The monoisotopic (exact) mass is 276 g/mol. The second-order valence-corrected chi connectivity index (χ2v) is 5.88. The van der Waals surface area contributed by atoms with Gasteiger partial charge in [0.25, 0.3) is 0 Å². The van der Waals surface area contributed by atoms with E-state index in [0.29, 0.717) is 18.9 Å². The molecule has 18 heavy (non-hydrogen) atoms. The van der Waals surface area contributed by atoms with E-state index >= 15 is 0 Å². The van der Waals surface area contributed by atoms with E-state index in [-0.39, 0.29) is 23.9 Å². The summed E-state index contributed by atoms with van der Waals surface area (Å²) in [6, 6.07) is 0. The minimum Gasteiger partial charge on any atom is -0.394 e. The molecule has 0 amide bonds. The number of nitrogens with two attached hydrogens (primary N) is 1. The van der Waals surface area contributed by atoms with Gasteiger partial charge < -0.3 is 15.7 Å². The van der Waals surface area contributed by atoms with Crippen LogP contribution in [0.15, 0.2) is 4.90 Å². The van der Waals surface area contributed by atoms with Crippen LogP contribution in [0.25, 0.3) is 0 Å². The molecule has 0 aliphatic heterocycles. The lowest BCUT2D eigenvalue weighted by Gasteiger charge is -2.18. The number of nitrogen functional groups attached to an aromatic ring is 1. The van der Waals surface area contributed by atoms with E-state index in [1.807, 2.05) is 18.7 Å². The first kappa shape index (κ1) is 14.8. The van der Waals surface area contributed by atoms with Crippen LogP contribution < -0.4 is 10.6 Å². The van der Waals surface area contributed by atoms with Crippen molar-refractivity contribution in [2.24, 2.45) is 0 Å². The van der Waals surface area contributed by atoms with Gasteiger partial charge in [0.05, 0.1) is 13.2 Å². The summed E-state index contributed by atoms with van der Waals surface area (Å²) in [6.07, 6.45) is 1.11. The Kier molecular flexibility index (Phi) is 4.58. The van der Waals surface area contributed by atoms with Gasteiger partial charge in [0.1, 0.15) is 5.82 Å². The maximum atomic E-state index is 11.8. The minimum absolute atomic E-state index is 0.0413. The lowest BCUT2D eigenvalue weighted by Crippen LogP contribution is -2.24. The quantitative estimate of drug-likeness (QED) is 0.740. The van der Waals surface area contributed by atoms with Crippen LogP contribution in [0.5, 0.6) is 0 Å². The highest BCUT2D eigenvalue weighted by atomic mass is 32.2. The average molecular weight is 276 g/mol. The Bertz CT molecular complexity index is 505.